The molecule has 0 aliphatic heterocycles. The molecule has 0 radical (unpaired) electrons. The molecule has 0 atom stereocenters. The number of pyridine rings is 1. The highest BCUT2D eigenvalue weighted by atomic mass is 19.1. The lowest BCUT2D eigenvalue weighted by Gasteiger charge is -2.20. The van der Waals surface area contributed by atoms with Crippen LogP contribution in [0.4, 0.5) is 4.39 Å². The molecule has 1 aromatic heterocycles. The van der Waals surface area contributed by atoms with Gasteiger partial charge in [-0.3, -0.25) is 9.59 Å². The van der Waals surface area contributed by atoms with Gasteiger partial charge in [-0.2, -0.15) is 0 Å². The largest absolute Gasteiger partial charge is 0.481 e. The van der Waals surface area contributed by atoms with Crippen molar-refractivity contribution in [2.24, 2.45) is 7.05 Å². The third-order valence-electron chi connectivity index (χ3n) is 3.39. The second-order valence-electron chi connectivity index (χ2n) is 5.06. The number of rotatable bonds is 2. The predicted molar refractivity (Wildman–Crippen MR) is 69.8 cm³/mol. The zero-order chi connectivity index (χ0) is 14.4. The van der Waals surface area contributed by atoms with E-state index in [0.717, 1.165) is 0 Å². The summed E-state index contributed by atoms with van der Waals surface area (Å²) in [7, 11) is 1.55. The van der Waals surface area contributed by atoms with Gasteiger partial charge in [-0.05, 0) is 38.1 Å². The molecule has 19 heavy (non-hydrogen) atoms. The normalized spacial score (nSPS) is 11.8. The highest BCUT2D eigenvalue weighted by Crippen LogP contribution is 2.24. The standard InChI is InChI=1S/C14H14FNO3/c1-14(2,13(18)19)10-7-8-6-9(15)4-5-11(8)16(3)12(10)17/h4-7H,1-3H3,(H,18,19). The molecule has 0 saturated carbocycles. The predicted octanol–water partition coefficient (Wildman–Crippen LogP) is 2.04. The molecule has 0 aliphatic carbocycles. The first-order valence-electron chi connectivity index (χ1n) is 5.78. The van der Waals surface area contributed by atoms with Crippen molar-refractivity contribution in [2.45, 2.75) is 19.3 Å². The van der Waals surface area contributed by atoms with E-state index in [1.165, 1.54) is 42.7 Å². The number of halogens is 1. The van der Waals surface area contributed by atoms with E-state index in [4.69, 9.17) is 0 Å². The van der Waals surface area contributed by atoms with Gasteiger partial charge < -0.3 is 9.67 Å². The maximum atomic E-state index is 13.3. The van der Waals surface area contributed by atoms with E-state index in [1.54, 1.807) is 7.05 Å². The van der Waals surface area contributed by atoms with E-state index >= 15 is 0 Å². The molecule has 0 fully saturated rings. The number of carboxylic acids is 1. The van der Waals surface area contributed by atoms with Crippen molar-refractivity contribution in [2.75, 3.05) is 0 Å². The summed E-state index contributed by atoms with van der Waals surface area (Å²) in [6.45, 7) is 2.91. The van der Waals surface area contributed by atoms with Gasteiger partial charge in [0.15, 0.2) is 0 Å². The Kier molecular flexibility index (Phi) is 2.92. The summed E-state index contributed by atoms with van der Waals surface area (Å²) >= 11 is 0. The monoisotopic (exact) mass is 263 g/mol. The lowest BCUT2D eigenvalue weighted by molar-refractivity contribution is -0.142. The summed E-state index contributed by atoms with van der Waals surface area (Å²) in [6, 6.07) is 5.51. The lowest BCUT2D eigenvalue weighted by Crippen LogP contribution is -2.37. The highest BCUT2D eigenvalue weighted by molar-refractivity contribution is 5.84. The van der Waals surface area contributed by atoms with Crippen molar-refractivity contribution in [3.05, 3.63) is 46.0 Å². The van der Waals surface area contributed by atoms with Gasteiger partial charge in [0.2, 0.25) is 0 Å². The molecule has 0 aliphatic rings. The summed E-state index contributed by atoms with van der Waals surface area (Å²) in [5, 5.41) is 9.72. The van der Waals surface area contributed by atoms with Gasteiger partial charge in [0, 0.05) is 18.0 Å². The zero-order valence-corrected chi connectivity index (χ0v) is 10.9. The average Bonchev–Trinajstić information content (AvgIpc) is 2.33. The van der Waals surface area contributed by atoms with Crippen molar-refractivity contribution in [3.63, 3.8) is 0 Å². The van der Waals surface area contributed by atoms with Crippen molar-refractivity contribution < 1.29 is 14.3 Å². The van der Waals surface area contributed by atoms with Gasteiger partial charge in [-0.25, -0.2) is 4.39 Å². The minimum atomic E-state index is -1.32. The maximum Gasteiger partial charge on any atom is 0.313 e. The minimum Gasteiger partial charge on any atom is -0.481 e. The Hall–Kier alpha value is -2.17. The topological polar surface area (TPSA) is 59.3 Å². The molecule has 1 N–H and O–H groups in total. The molecule has 1 heterocycles. The fourth-order valence-corrected chi connectivity index (χ4v) is 2.02. The van der Waals surface area contributed by atoms with Crippen molar-refractivity contribution >= 4 is 16.9 Å². The lowest BCUT2D eigenvalue weighted by atomic mass is 9.85. The SMILES string of the molecule is Cn1c(=O)c(C(C)(C)C(=O)O)cc2cc(F)ccc21. The van der Waals surface area contributed by atoms with Crippen LogP contribution in [-0.4, -0.2) is 15.6 Å². The number of benzene rings is 1. The molecular formula is C14H14FNO3. The third-order valence-corrected chi connectivity index (χ3v) is 3.39. The Bertz CT molecular complexity index is 731. The fourth-order valence-electron chi connectivity index (χ4n) is 2.02. The van der Waals surface area contributed by atoms with E-state index < -0.39 is 17.2 Å². The second-order valence-corrected chi connectivity index (χ2v) is 5.06. The quantitative estimate of drug-likeness (QED) is 0.902. The Morgan fingerprint density at radius 2 is 1.95 bits per heavy atom. The first kappa shape index (κ1) is 13.3. The van der Waals surface area contributed by atoms with E-state index in [2.05, 4.69) is 0 Å². The van der Waals surface area contributed by atoms with Gasteiger partial charge in [0.1, 0.15) is 5.82 Å². The zero-order valence-electron chi connectivity index (χ0n) is 10.9. The molecule has 2 rings (SSSR count). The van der Waals surface area contributed by atoms with Crippen LogP contribution < -0.4 is 5.56 Å². The third kappa shape index (κ3) is 2.01. The Morgan fingerprint density at radius 1 is 1.32 bits per heavy atom. The molecule has 0 amide bonds. The molecule has 1 aromatic carbocycles. The number of nitrogens with zero attached hydrogens (tertiary/aromatic N) is 1. The minimum absolute atomic E-state index is 0.139. The number of fused-ring (bicyclic) bond motifs is 1. The number of aromatic nitrogens is 1. The Labute approximate surface area is 109 Å². The van der Waals surface area contributed by atoms with Crippen LogP contribution in [0.3, 0.4) is 0 Å². The van der Waals surface area contributed by atoms with Crippen LogP contribution in [0, 0.1) is 5.82 Å². The number of aliphatic carboxylic acids is 1. The van der Waals surface area contributed by atoms with Crippen LogP contribution in [0.5, 0.6) is 0 Å². The van der Waals surface area contributed by atoms with E-state index in [-0.39, 0.29) is 11.1 Å². The van der Waals surface area contributed by atoms with Crippen LogP contribution in [0.1, 0.15) is 19.4 Å². The second kappa shape index (κ2) is 4.19. The van der Waals surface area contributed by atoms with E-state index in [9.17, 15) is 19.1 Å². The molecule has 0 spiro atoms. The molecule has 0 saturated heterocycles. The van der Waals surface area contributed by atoms with Crippen LogP contribution in [0.15, 0.2) is 29.1 Å². The molecular weight excluding hydrogens is 249 g/mol. The summed E-state index contributed by atoms with van der Waals surface area (Å²) in [4.78, 5) is 23.5. The first-order valence-corrected chi connectivity index (χ1v) is 5.78. The summed E-state index contributed by atoms with van der Waals surface area (Å²) in [6.07, 6.45) is 0. The van der Waals surface area contributed by atoms with Crippen LogP contribution in [-0.2, 0) is 17.3 Å². The van der Waals surface area contributed by atoms with Crippen molar-refractivity contribution in [3.8, 4) is 0 Å². The number of hydrogen-bond donors (Lipinski definition) is 1. The molecule has 5 heteroatoms. The van der Waals surface area contributed by atoms with Gasteiger partial charge in [0.25, 0.3) is 5.56 Å². The number of carboxylic acid groups (broad SMARTS) is 1. The van der Waals surface area contributed by atoms with Crippen LogP contribution in [0.2, 0.25) is 0 Å². The molecule has 100 valence electrons. The molecule has 2 aromatic rings. The van der Waals surface area contributed by atoms with Crippen LogP contribution in [0.25, 0.3) is 10.9 Å². The molecule has 4 nitrogen and oxygen atoms in total. The summed E-state index contributed by atoms with van der Waals surface area (Å²) < 4.78 is 14.6. The van der Waals surface area contributed by atoms with Gasteiger partial charge in [-0.15, -0.1) is 0 Å². The number of hydrogen-bond acceptors (Lipinski definition) is 2. The molecule has 0 unspecified atom stereocenters. The number of carbonyl (C=O) groups is 1. The van der Waals surface area contributed by atoms with Crippen LogP contribution >= 0.6 is 0 Å². The van der Waals surface area contributed by atoms with Gasteiger partial charge in [-0.1, -0.05) is 0 Å². The van der Waals surface area contributed by atoms with Crippen molar-refractivity contribution in [1.82, 2.24) is 4.57 Å². The summed E-state index contributed by atoms with van der Waals surface area (Å²) in [5.41, 5.74) is -1.00. The summed E-state index contributed by atoms with van der Waals surface area (Å²) in [5.74, 6) is -1.52. The smallest absolute Gasteiger partial charge is 0.313 e. The van der Waals surface area contributed by atoms with Crippen molar-refractivity contribution in [1.29, 1.82) is 0 Å². The first-order chi connectivity index (χ1) is 8.75. The van der Waals surface area contributed by atoms with E-state index in [0.29, 0.717) is 10.9 Å². The number of aryl methyl sites for hydroxylation is 1. The Balaban J connectivity index is 2.88. The average molecular weight is 263 g/mol. The van der Waals surface area contributed by atoms with Gasteiger partial charge in [0.05, 0.1) is 10.9 Å². The molecule has 0 bridgehead atoms. The maximum absolute atomic E-state index is 13.3. The fraction of sp³-hybridized carbons (Fsp3) is 0.286. The Morgan fingerprint density at radius 3 is 2.53 bits per heavy atom. The van der Waals surface area contributed by atoms with Gasteiger partial charge >= 0.3 is 5.97 Å². The highest BCUT2D eigenvalue weighted by Gasteiger charge is 2.33. The van der Waals surface area contributed by atoms with E-state index in [1.807, 2.05) is 0 Å².